The largest absolute Gasteiger partial charge is 0.288 e. The zero-order valence-electron chi connectivity index (χ0n) is 8.42. The molecule has 0 aromatic heterocycles. The fourth-order valence-corrected chi connectivity index (χ4v) is 2.00. The first-order valence-corrected chi connectivity index (χ1v) is 5.68. The van der Waals surface area contributed by atoms with Crippen LogP contribution in [0.2, 0.25) is 0 Å². The van der Waals surface area contributed by atoms with E-state index in [4.69, 9.17) is 0 Å². The summed E-state index contributed by atoms with van der Waals surface area (Å²) in [7, 11) is 0. The van der Waals surface area contributed by atoms with E-state index in [1.807, 2.05) is 0 Å². The lowest BCUT2D eigenvalue weighted by Gasteiger charge is -2.19. The quantitative estimate of drug-likeness (QED) is 0.675. The van der Waals surface area contributed by atoms with Gasteiger partial charge in [0.25, 0.3) is 5.92 Å². The van der Waals surface area contributed by atoms with Crippen LogP contribution in [-0.2, 0) is 0 Å². The molecule has 0 saturated heterocycles. The van der Waals surface area contributed by atoms with Crippen LogP contribution in [-0.4, -0.2) is 11.4 Å². The molecule has 15 heavy (non-hydrogen) atoms. The summed E-state index contributed by atoms with van der Waals surface area (Å²) < 4.78 is 39.5. The van der Waals surface area contributed by atoms with Gasteiger partial charge in [-0.15, -0.1) is 0 Å². The van der Waals surface area contributed by atoms with Crippen molar-refractivity contribution in [1.29, 1.82) is 0 Å². The van der Waals surface area contributed by atoms with Gasteiger partial charge in [0, 0.05) is 11.3 Å². The molecule has 0 aliphatic rings. The van der Waals surface area contributed by atoms with Crippen LogP contribution in [0, 0.1) is 0 Å². The molecule has 0 bridgehead atoms. The summed E-state index contributed by atoms with van der Waals surface area (Å²) >= 11 is 0.574. The highest BCUT2D eigenvalue weighted by atomic mass is 32.2. The molecular formula is C11H13F3S. The van der Waals surface area contributed by atoms with Crippen molar-refractivity contribution in [2.75, 3.05) is 0 Å². The van der Waals surface area contributed by atoms with Gasteiger partial charge in [0.05, 0.1) is 0 Å². The molecule has 1 aromatic rings. The van der Waals surface area contributed by atoms with Gasteiger partial charge in [-0.1, -0.05) is 43.3 Å². The minimum atomic E-state index is -3.24. The van der Waals surface area contributed by atoms with Crippen molar-refractivity contribution in [3.63, 3.8) is 0 Å². The Kier molecular flexibility index (Phi) is 4.51. The Morgan fingerprint density at radius 1 is 1.27 bits per heavy atom. The Hall–Kier alpha value is -0.640. The van der Waals surface area contributed by atoms with Crippen LogP contribution in [0.4, 0.5) is 13.2 Å². The number of rotatable bonds is 5. The third kappa shape index (κ3) is 3.78. The van der Waals surface area contributed by atoms with E-state index in [0.29, 0.717) is 16.7 Å². The first kappa shape index (κ1) is 12.4. The number of halogens is 3. The predicted octanol–water partition coefficient (Wildman–Crippen LogP) is 4.51. The zero-order valence-corrected chi connectivity index (χ0v) is 9.24. The summed E-state index contributed by atoms with van der Waals surface area (Å²) in [6.07, 6.45) is -0.128. The second-order valence-electron chi connectivity index (χ2n) is 3.26. The molecule has 4 heteroatoms. The second kappa shape index (κ2) is 5.45. The van der Waals surface area contributed by atoms with Gasteiger partial charge in [-0.25, -0.2) is 13.2 Å². The molecule has 1 rings (SSSR count). The highest BCUT2D eigenvalue weighted by Gasteiger charge is 2.39. The Labute approximate surface area is 91.9 Å². The van der Waals surface area contributed by atoms with Crippen LogP contribution in [0.3, 0.4) is 0 Å². The number of benzene rings is 1. The summed E-state index contributed by atoms with van der Waals surface area (Å²) in [6.45, 7) is 1.62. The molecular weight excluding hydrogens is 221 g/mol. The van der Waals surface area contributed by atoms with Crippen LogP contribution in [0.25, 0.3) is 0 Å². The molecule has 0 radical (unpaired) electrons. The van der Waals surface area contributed by atoms with Gasteiger partial charge >= 0.3 is 0 Å². The van der Waals surface area contributed by atoms with Crippen molar-refractivity contribution in [1.82, 2.24) is 0 Å². The number of thioether (sulfide) groups is 1. The summed E-state index contributed by atoms with van der Waals surface area (Å²) in [5, 5.41) is 0. The van der Waals surface area contributed by atoms with Crippen molar-refractivity contribution in [3.8, 4) is 0 Å². The smallest absolute Gasteiger partial charge is 0.228 e. The molecule has 0 spiro atoms. The molecule has 0 aliphatic heterocycles. The summed E-state index contributed by atoms with van der Waals surface area (Å²) in [4.78, 5) is 0.528. The fraction of sp³-hybridized carbons (Fsp3) is 0.455. The number of hydrogen-bond acceptors (Lipinski definition) is 1. The van der Waals surface area contributed by atoms with Crippen molar-refractivity contribution in [3.05, 3.63) is 30.3 Å². The fourth-order valence-electron chi connectivity index (χ4n) is 1.15. The SMILES string of the molecule is CCCC(F)(F)C(F)Sc1ccccc1. The average Bonchev–Trinajstić information content (AvgIpc) is 2.19. The van der Waals surface area contributed by atoms with Crippen molar-refractivity contribution in [2.45, 2.75) is 36.1 Å². The Morgan fingerprint density at radius 3 is 2.40 bits per heavy atom. The van der Waals surface area contributed by atoms with Crippen LogP contribution < -0.4 is 0 Å². The topological polar surface area (TPSA) is 0 Å². The molecule has 0 nitrogen and oxygen atoms in total. The van der Waals surface area contributed by atoms with Gasteiger partial charge in [0.2, 0.25) is 5.50 Å². The monoisotopic (exact) mass is 234 g/mol. The standard InChI is InChI=1S/C11H13F3S/c1-2-8-11(13,14)10(12)15-9-6-4-3-5-7-9/h3-7,10H,2,8H2,1H3. The summed E-state index contributed by atoms with van der Waals surface area (Å²) in [5.74, 6) is -3.24. The highest BCUT2D eigenvalue weighted by molar-refractivity contribution is 7.99. The molecule has 1 aromatic carbocycles. The normalized spacial score (nSPS) is 13.9. The molecule has 0 heterocycles. The van der Waals surface area contributed by atoms with Crippen LogP contribution in [0.5, 0.6) is 0 Å². The van der Waals surface area contributed by atoms with Crippen molar-refractivity contribution < 1.29 is 13.2 Å². The lowest BCUT2D eigenvalue weighted by molar-refractivity contribution is -0.0448. The molecule has 1 unspecified atom stereocenters. The Morgan fingerprint density at radius 2 is 1.87 bits per heavy atom. The second-order valence-corrected chi connectivity index (χ2v) is 4.38. The average molecular weight is 234 g/mol. The maximum atomic E-state index is 13.3. The van der Waals surface area contributed by atoms with Crippen LogP contribution in [0.15, 0.2) is 35.2 Å². The van der Waals surface area contributed by atoms with Crippen LogP contribution >= 0.6 is 11.8 Å². The van der Waals surface area contributed by atoms with E-state index in [1.54, 1.807) is 37.3 Å². The van der Waals surface area contributed by atoms with Crippen molar-refractivity contribution >= 4 is 11.8 Å². The number of alkyl halides is 3. The molecule has 0 aliphatic carbocycles. The maximum Gasteiger partial charge on any atom is 0.288 e. The third-order valence-corrected chi connectivity index (χ3v) is 2.99. The van der Waals surface area contributed by atoms with Gasteiger partial charge in [0.1, 0.15) is 0 Å². The molecule has 0 fully saturated rings. The highest BCUT2D eigenvalue weighted by Crippen LogP contribution is 2.37. The molecule has 0 N–H and O–H groups in total. The summed E-state index contributed by atoms with van der Waals surface area (Å²) in [6, 6.07) is 8.42. The predicted molar refractivity (Wildman–Crippen MR) is 57.1 cm³/mol. The lowest BCUT2D eigenvalue weighted by atomic mass is 10.2. The molecule has 1 atom stereocenters. The Bertz CT molecular complexity index is 287. The van der Waals surface area contributed by atoms with E-state index in [2.05, 4.69) is 0 Å². The molecule has 84 valence electrons. The zero-order chi connectivity index (χ0) is 11.3. The Balaban J connectivity index is 2.59. The van der Waals surface area contributed by atoms with Crippen LogP contribution in [0.1, 0.15) is 19.8 Å². The van der Waals surface area contributed by atoms with Gasteiger partial charge in [-0.2, -0.15) is 0 Å². The van der Waals surface area contributed by atoms with E-state index in [9.17, 15) is 13.2 Å². The van der Waals surface area contributed by atoms with E-state index in [1.165, 1.54) is 0 Å². The van der Waals surface area contributed by atoms with E-state index >= 15 is 0 Å². The van der Waals surface area contributed by atoms with E-state index in [0.717, 1.165) is 0 Å². The first-order valence-electron chi connectivity index (χ1n) is 4.80. The molecule has 0 saturated carbocycles. The van der Waals surface area contributed by atoms with Gasteiger partial charge in [-0.05, 0) is 12.1 Å². The van der Waals surface area contributed by atoms with Gasteiger partial charge in [0.15, 0.2) is 0 Å². The minimum absolute atomic E-state index is 0.281. The third-order valence-electron chi connectivity index (χ3n) is 1.90. The maximum absolute atomic E-state index is 13.3. The van der Waals surface area contributed by atoms with Crippen molar-refractivity contribution in [2.24, 2.45) is 0 Å². The van der Waals surface area contributed by atoms with Gasteiger partial charge in [-0.3, -0.25) is 0 Å². The lowest BCUT2D eigenvalue weighted by Crippen LogP contribution is -2.26. The van der Waals surface area contributed by atoms with Gasteiger partial charge < -0.3 is 0 Å². The summed E-state index contributed by atoms with van der Waals surface area (Å²) in [5.41, 5.74) is -2.17. The minimum Gasteiger partial charge on any atom is -0.228 e. The van der Waals surface area contributed by atoms with E-state index in [-0.39, 0.29) is 6.42 Å². The molecule has 0 amide bonds. The number of hydrogen-bond donors (Lipinski definition) is 0. The first-order chi connectivity index (χ1) is 7.06. The van der Waals surface area contributed by atoms with E-state index < -0.39 is 17.8 Å².